The third-order valence-corrected chi connectivity index (χ3v) is 2.63. The van der Waals surface area contributed by atoms with Gasteiger partial charge in [0, 0.05) is 11.8 Å². The number of carboxylic acid groups (broad SMARTS) is 1. The summed E-state index contributed by atoms with van der Waals surface area (Å²) < 4.78 is 26.0. The number of carboxylic acids is 1. The fourth-order valence-corrected chi connectivity index (χ4v) is 1.74. The molecule has 6 heteroatoms. The monoisotopic (exact) mass is 271 g/mol. The van der Waals surface area contributed by atoms with E-state index in [4.69, 9.17) is 5.11 Å². The summed E-state index contributed by atoms with van der Waals surface area (Å²) in [7, 11) is 0. The van der Waals surface area contributed by atoms with E-state index in [2.05, 4.69) is 0 Å². The highest BCUT2D eigenvalue weighted by molar-refractivity contribution is 5.88. The summed E-state index contributed by atoms with van der Waals surface area (Å²) in [5.74, 6) is -3.33. The molecular formula is C13H15F2NO3. The van der Waals surface area contributed by atoms with E-state index in [0.717, 1.165) is 17.0 Å². The van der Waals surface area contributed by atoms with E-state index in [1.54, 1.807) is 0 Å². The number of hydrogen-bond donors (Lipinski definition) is 1. The Kier molecular flexibility index (Phi) is 4.97. The molecule has 104 valence electrons. The van der Waals surface area contributed by atoms with Crippen LogP contribution < -0.4 is 4.90 Å². The van der Waals surface area contributed by atoms with Crippen LogP contribution >= 0.6 is 0 Å². The Balaban J connectivity index is 3.11. The summed E-state index contributed by atoms with van der Waals surface area (Å²) in [5.41, 5.74) is 0.0157. The summed E-state index contributed by atoms with van der Waals surface area (Å²) in [5, 5.41) is 9.14. The zero-order valence-corrected chi connectivity index (χ0v) is 10.6. The minimum absolute atomic E-state index is 0.0157. The Bertz CT molecular complexity index is 477. The largest absolute Gasteiger partial charge is 0.480 e. The normalized spacial score (nSPS) is 12.3. The molecule has 1 amide bonds. The van der Waals surface area contributed by atoms with E-state index in [1.807, 2.05) is 13.8 Å². The minimum Gasteiger partial charge on any atom is -0.480 e. The van der Waals surface area contributed by atoms with Gasteiger partial charge in [-0.3, -0.25) is 4.79 Å². The van der Waals surface area contributed by atoms with E-state index in [1.165, 1.54) is 6.07 Å². The Morgan fingerprint density at radius 2 is 2.00 bits per heavy atom. The van der Waals surface area contributed by atoms with E-state index < -0.39 is 23.6 Å². The molecular weight excluding hydrogens is 256 g/mol. The van der Waals surface area contributed by atoms with Crippen molar-refractivity contribution in [3.8, 4) is 0 Å². The van der Waals surface area contributed by atoms with Crippen LogP contribution in [0.25, 0.3) is 0 Å². The van der Waals surface area contributed by atoms with Crippen molar-refractivity contribution in [2.45, 2.75) is 26.3 Å². The number of amides is 1. The maximum atomic E-state index is 13.1. The predicted molar refractivity (Wildman–Crippen MR) is 65.8 cm³/mol. The van der Waals surface area contributed by atoms with Crippen molar-refractivity contribution in [3.63, 3.8) is 0 Å². The van der Waals surface area contributed by atoms with Gasteiger partial charge < -0.3 is 10.0 Å². The van der Waals surface area contributed by atoms with Crippen LogP contribution in [0.4, 0.5) is 14.5 Å². The molecule has 1 aromatic rings. The zero-order valence-electron chi connectivity index (χ0n) is 10.6. The van der Waals surface area contributed by atoms with Gasteiger partial charge in [0.05, 0.1) is 0 Å². The minimum atomic E-state index is -1.19. The summed E-state index contributed by atoms with van der Waals surface area (Å²) in [6, 6.07) is 1.72. The first-order valence-corrected chi connectivity index (χ1v) is 5.78. The van der Waals surface area contributed by atoms with E-state index >= 15 is 0 Å². The lowest BCUT2D eigenvalue weighted by Gasteiger charge is -2.26. The van der Waals surface area contributed by atoms with Crippen molar-refractivity contribution in [1.29, 1.82) is 0 Å². The van der Waals surface area contributed by atoms with Gasteiger partial charge in [-0.1, -0.05) is 13.8 Å². The SMILES string of the molecule is CC(C)CC(C(=O)O)N(C=O)c1ccc(F)c(F)c1. The topological polar surface area (TPSA) is 57.6 Å². The van der Waals surface area contributed by atoms with Crippen LogP contribution in [0.5, 0.6) is 0 Å². The number of nitrogens with zero attached hydrogens (tertiary/aromatic N) is 1. The maximum absolute atomic E-state index is 13.1. The second-order valence-electron chi connectivity index (χ2n) is 4.59. The lowest BCUT2D eigenvalue weighted by Crippen LogP contribution is -2.41. The fraction of sp³-hybridized carbons (Fsp3) is 0.385. The molecule has 4 nitrogen and oxygen atoms in total. The molecule has 0 bridgehead atoms. The second kappa shape index (κ2) is 6.26. The summed E-state index contributed by atoms with van der Waals surface area (Å²) in [6.45, 7) is 3.62. The van der Waals surface area contributed by atoms with E-state index in [9.17, 15) is 18.4 Å². The Morgan fingerprint density at radius 3 is 2.42 bits per heavy atom. The standard InChI is InChI=1S/C13H15F2NO3/c1-8(2)5-12(13(18)19)16(7-17)9-3-4-10(14)11(15)6-9/h3-4,6-8,12H,5H2,1-2H3,(H,18,19). The lowest BCUT2D eigenvalue weighted by molar-refractivity contribution is -0.139. The molecule has 19 heavy (non-hydrogen) atoms. The number of halogens is 2. The molecule has 1 N–H and O–H groups in total. The number of rotatable bonds is 6. The van der Waals surface area contributed by atoms with E-state index in [-0.39, 0.29) is 18.0 Å². The molecule has 0 heterocycles. The highest BCUT2D eigenvalue weighted by atomic mass is 19.2. The molecule has 1 rings (SSSR count). The number of anilines is 1. The summed E-state index contributed by atoms with van der Waals surface area (Å²) in [4.78, 5) is 23.2. The first kappa shape index (κ1) is 15.1. The van der Waals surface area contributed by atoms with Gasteiger partial charge in [0.15, 0.2) is 11.6 Å². The second-order valence-corrected chi connectivity index (χ2v) is 4.59. The Labute approximate surface area is 109 Å². The molecule has 0 saturated heterocycles. The first-order chi connectivity index (χ1) is 8.86. The van der Waals surface area contributed by atoms with Crippen LogP contribution in [0.15, 0.2) is 18.2 Å². The van der Waals surface area contributed by atoms with Gasteiger partial charge in [-0.2, -0.15) is 0 Å². The lowest BCUT2D eigenvalue weighted by atomic mass is 10.0. The van der Waals surface area contributed by atoms with Crippen LogP contribution in [-0.2, 0) is 9.59 Å². The highest BCUT2D eigenvalue weighted by Gasteiger charge is 2.27. The fourth-order valence-electron chi connectivity index (χ4n) is 1.74. The van der Waals surface area contributed by atoms with Crippen molar-refractivity contribution in [3.05, 3.63) is 29.8 Å². The van der Waals surface area contributed by atoms with Gasteiger partial charge in [0.1, 0.15) is 6.04 Å². The van der Waals surface area contributed by atoms with Crippen LogP contribution in [0.1, 0.15) is 20.3 Å². The van der Waals surface area contributed by atoms with Crippen molar-refractivity contribution in [2.75, 3.05) is 4.90 Å². The molecule has 0 spiro atoms. The third kappa shape index (κ3) is 3.74. The number of aliphatic carboxylic acids is 1. The summed E-state index contributed by atoms with van der Waals surface area (Å²) in [6.07, 6.45) is 0.529. The molecule has 1 atom stereocenters. The molecule has 0 saturated carbocycles. The number of carbonyl (C=O) groups is 2. The van der Waals surface area contributed by atoms with Crippen molar-refractivity contribution < 1.29 is 23.5 Å². The average Bonchev–Trinajstić information content (AvgIpc) is 2.32. The molecule has 0 radical (unpaired) electrons. The van der Waals surface area contributed by atoms with Gasteiger partial charge in [-0.05, 0) is 24.5 Å². The predicted octanol–water partition coefficient (Wildman–Crippen LogP) is 2.43. The number of hydrogen-bond acceptors (Lipinski definition) is 2. The zero-order chi connectivity index (χ0) is 14.6. The maximum Gasteiger partial charge on any atom is 0.326 e. The van der Waals surface area contributed by atoms with Crippen LogP contribution in [0.2, 0.25) is 0 Å². The number of benzene rings is 1. The van der Waals surface area contributed by atoms with Crippen LogP contribution in [0, 0.1) is 17.6 Å². The molecule has 0 fully saturated rings. The van der Waals surface area contributed by atoms with Gasteiger partial charge in [0.25, 0.3) is 0 Å². The van der Waals surface area contributed by atoms with E-state index in [0.29, 0.717) is 6.41 Å². The van der Waals surface area contributed by atoms with Crippen LogP contribution in [0.3, 0.4) is 0 Å². The molecule has 0 aromatic heterocycles. The smallest absolute Gasteiger partial charge is 0.326 e. The number of carbonyl (C=O) groups excluding carboxylic acids is 1. The van der Waals surface area contributed by atoms with Gasteiger partial charge in [0.2, 0.25) is 6.41 Å². The molecule has 1 aromatic carbocycles. The summed E-state index contributed by atoms with van der Waals surface area (Å²) >= 11 is 0. The Morgan fingerprint density at radius 1 is 1.37 bits per heavy atom. The van der Waals surface area contributed by atoms with Crippen LogP contribution in [-0.4, -0.2) is 23.5 Å². The molecule has 1 unspecified atom stereocenters. The average molecular weight is 271 g/mol. The van der Waals surface area contributed by atoms with Crippen molar-refractivity contribution in [1.82, 2.24) is 0 Å². The van der Waals surface area contributed by atoms with Gasteiger partial charge in [-0.15, -0.1) is 0 Å². The van der Waals surface area contributed by atoms with Gasteiger partial charge in [-0.25, -0.2) is 13.6 Å². The molecule has 0 aliphatic rings. The highest BCUT2D eigenvalue weighted by Crippen LogP contribution is 2.22. The van der Waals surface area contributed by atoms with Gasteiger partial charge >= 0.3 is 5.97 Å². The first-order valence-electron chi connectivity index (χ1n) is 5.78. The Hall–Kier alpha value is -1.98. The van der Waals surface area contributed by atoms with Crippen molar-refractivity contribution >= 4 is 18.1 Å². The third-order valence-electron chi connectivity index (χ3n) is 2.63. The molecule has 0 aliphatic carbocycles. The molecule has 0 aliphatic heterocycles. The quantitative estimate of drug-likeness (QED) is 0.808. The van der Waals surface area contributed by atoms with Crippen molar-refractivity contribution in [2.24, 2.45) is 5.92 Å².